The van der Waals surface area contributed by atoms with Crippen molar-refractivity contribution >= 4 is 51.1 Å². The van der Waals surface area contributed by atoms with Gasteiger partial charge in [-0.3, -0.25) is 34.4 Å². The van der Waals surface area contributed by atoms with Gasteiger partial charge in [-0.2, -0.15) is 0 Å². The van der Waals surface area contributed by atoms with Crippen LogP contribution in [0.1, 0.15) is 65.7 Å². The highest BCUT2D eigenvalue weighted by Gasteiger charge is 2.45. The second kappa shape index (κ2) is 16.6. The van der Waals surface area contributed by atoms with Crippen molar-refractivity contribution in [2.75, 3.05) is 44.4 Å². The maximum absolute atomic E-state index is 12.9. The minimum atomic E-state index is -0.960. The highest BCUT2D eigenvalue weighted by molar-refractivity contribution is 6.23. The molecule has 3 aliphatic heterocycles. The lowest BCUT2D eigenvalue weighted by Crippen LogP contribution is -2.54. The molecular weight excluding hydrogens is 716 g/mol. The number of carbonyl (C=O) groups is 4. The van der Waals surface area contributed by atoms with Crippen LogP contribution < -0.4 is 15.0 Å². The number of anilines is 1. The molecule has 4 aliphatic rings. The number of amides is 4. The van der Waals surface area contributed by atoms with E-state index in [4.69, 9.17) is 19.3 Å². The molecule has 5 aromatic rings. The van der Waals surface area contributed by atoms with Crippen LogP contribution in [0.3, 0.4) is 0 Å². The standard InChI is InChI=1S/C22H27N3O7.C20H17N3O/c26-7-1-8-31-9-2-10-32-15-12-24(13-15)14-3-4-16-17(11-14)22(30)25(21(16)29)18-5-6-19(27)23-20(18)28;1-2-15(3-1)24-20-7-5-14(11-22-20)13-4-6-16-17-12-21-9-8-18(17)23-19(16)10-13/h3-4,11,15,18,26H,1-2,5-10,12-13H2,(H,23,27,28);4-12,15,23H,1-3H2. The number of imide groups is 2. The molecule has 2 saturated heterocycles. The number of aromatic nitrogens is 3. The van der Waals surface area contributed by atoms with Crippen molar-refractivity contribution in [2.45, 2.75) is 63.2 Å². The quantitative estimate of drug-likeness (QED) is 0.111. The first-order valence-electron chi connectivity index (χ1n) is 19.3. The molecule has 0 bridgehead atoms. The van der Waals surface area contributed by atoms with E-state index in [1.807, 2.05) is 30.7 Å². The van der Waals surface area contributed by atoms with Gasteiger partial charge in [-0.05, 0) is 80.5 Å². The smallest absolute Gasteiger partial charge is 0.262 e. The summed E-state index contributed by atoms with van der Waals surface area (Å²) in [6, 6.07) is 16.6. The summed E-state index contributed by atoms with van der Waals surface area (Å²) >= 11 is 0. The fraction of sp³-hybridized carbons (Fsp3) is 0.381. The molecule has 56 heavy (non-hydrogen) atoms. The van der Waals surface area contributed by atoms with Crippen LogP contribution in [0.15, 0.2) is 73.2 Å². The first-order chi connectivity index (χ1) is 27.4. The average molecular weight is 761 g/mol. The minimum Gasteiger partial charge on any atom is -0.474 e. The number of nitrogens with one attached hydrogen (secondary N) is 2. The molecule has 9 rings (SSSR count). The second-order valence-electron chi connectivity index (χ2n) is 14.5. The Kier molecular flexibility index (Phi) is 11.0. The van der Waals surface area contributed by atoms with Crippen molar-refractivity contribution in [1.82, 2.24) is 25.2 Å². The number of hydrogen-bond acceptors (Lipinski definition) is 11. The highest BCUT2D eigenvalue weighted by Crippen LogP contribution is 2.33. The van der Waals surface area contributed by atoms with Crippen molar-refractivity contribution < 1.29 is 38.5 Å². The number of nitrogens with zero attached hydrogens (tertiary/aromatic N) is 4. The van der Waals surface area contributed by atoms with Gasteiger partial charge in [-0.25, -0.2) is 4.98 Å². The summed E-state index contributed by atoms with van der Waals surface area (Å²) in [5, 5.41) is 13.2. The summed E-state index contributed by atoms with van der Waals surface area (Å²) in [6.45, 7) is 3.24. The zero-order valence-corrected chi connectivity index (χ0v) is 30.9. The van der Waals surface area contributed by atoms with Crippen molar-refractivity contribution in [3.63, 3.8) is 0 Å². The predicted molar refractivity (Wildman–Crippen MR) is 207 cm³/mol. The van der Waals surface area contributed by atoms with E-state index in [9.17, 15) is 19.2 Å². The summed E-state index contributed by atoms with van der Waals surface area (Å²) in [5.41, 5.74) is 5.84. The Bertz CT molecular complexity index is 2250. The molecule has 6 heterocycles. The van der Waals surface area contributed by atoms with Crippen LogP contribution in [0.25, 0.3) is 32.9 Å². The molecule has 290 valence electrons. The van der Waals surface area contributed by atoms with E-state index in [1.54, 1.807) is 18.2 Å². The summed E-state index contributed by atoms with van der Waals surface area (Å²) in [4.78, 5) is 64.4. The number of H-pyrrole nitrogens is 1. The fourth-order valence-corrected chi connectivity index (χ4v) is 7.30. The molecule has 1 aliphatic carbocycles. The number of pyridine rings is 2. The van der Waals surface area contributed by atoms with Gasteiger partial charge in [-0.15, -0.1) is 0 Å². The lowest BCUT2D eigenvalue weighted by atomic mass is 9.96. The number of aliphatic hydroxyl groups is 1. The predicted octanol–water partition coefficient (Wildman–Crippen LogP) is 4.79. The molecule has 0 radical (unpaired) electrons. The van der Waals surface area contributed by atoms with Gasteiger partial charge in [0.2, 0.25) is 17.7 Å². The molecular formula is C42H44N6O8. The largest absolute Gasteiger partial charge is 0.474 e. The zero-order chi connectivity index (χ0) is 38.6. The molecule has 14 nitrogen and oxygen atoms in total. The molecule has 1 unspecified atom stereocenters. The number of carbonyl (C=O) groups excluding carboxylic acids is 4. The molecule has 0 spiro atoms. The third-order valence-electron chi connectivity index (χ3n) is 10.7. The number of aromatic amines is 1. The normalized spacial score (nSPS) is 18.4. The van der Waals surface area contributed by atoms with Crippen LogP contribution in [0.5, 0.6) is 5.88 Å². The Morgan fingerprint density at radius 2 is 1.61 bits per heavy atom. The van der Waals surface area contributed by atoms with Gasteiger partial charge in [0.15, 0.2) is 0 Å². The third kappa shape index (κ3) is 7.85. The third-order valence-corrected chi connectivity index (χ3v) is 10.7. The first-order valence-corrected chi connectivity index (χ1v) is 19.3. The van der Waals surface area contributed by atoms with Crippen LogP contribution in [-0.2, 0) is 19.1 Å². The fourth-order valence-electron chi connectivity index (χ4n) is 7.30. The molecule has 3 N–H and O–H groups in total. The van der Waals surface area contributed by atoms with E-state index in [1.165, 1.54) is 11.8 Å². The molecule has 2 aromatic carbocycles. The van der Waals surface area contributed by atoms with Crippen LogP contribution in [0.4, 0.5) is 5.69 Å². The molecule has 3 fully saturated rings. The van der Waals surface area contributed by atoms with Crippen molar-refractivity contribution in [1.29, 1.82) is 0 Å². The second-order valence-corrected chi connectivity index (χ2v) is 14.5. The van der Waals surface area contributed by atoms with E-state index in [-0.39, 0.29) is 36.7 Å². The van der Waals surface area contributed by atoms with E-state index in [2.05, 4.69) is 49.4 Å². The van der Waals surface area contributed by atoms with E-state index in [0.29, 0.717) is 45.4 Å². The molecule has 3 aromatic heterocycles. The van der Waals surface area contributed by atoms with Gasteiger partial charge in [0.25, 0.3) is 11.8 Å². The Labute approximate surface area is 323 Å². The van der Waals surface area contributed by atoms with Crippen molar-refractivity contribution in [2.24, 2.45) is 0 Å². The SMILES string of the molecule is O=C1CCC(N2C(=O)c3ccc(N4CC(OCCCOCCCO)C4)cc3C2=O)C(=O)N1.c1cc2[nH]c3cc(-c4ccc(OC5CCC5)nc4)ccc3c2cn1. The lowest BCUT2D eigenvalue weighted by molar-refractivity contribution is -0.136. The van der Waals surface area contributed by atoms with E-state index >= 15 is 0 Å². The summed E-state index contributed by atoms with van der Waals surface area (Å²) < 4.78 is 17.0. The van der Waals surface area contributed by atoms with Crippen LogP contribution in [-0.4, -0.2) is 106 Å². The lowest BCUT2D eigenvalue weighted by Gasteiger charge is -2.40. The summed E-state index contributed by atoms with van der Waals surface area (Å²) in [5.74, 6) is -1.29. The monoisotopic (exact) mass is 760 g/mol. The van der Waals surface area contributed by atoms with Gasteiger partial charge in [0, 0.05) is 104 Å². The number of piperidine rings is 1. The molecule has 1 saturated carbocycles. The first kappa shape index (κ1) is 37.2. The van der Waals surface area contributed by atoms with E-state index < -0.39 is 29.7 Å². The minimum absolute atomic E-state index is 0.0954. The molecule has 1 atom stereocenters. The van der Waals surface area contributed by atoms with Crippen LogP contribution in [0, 0.1) is 0 Å². The Balaban J connectivity index is 0.000000163. The highest BCUT2D eigenvalue weighted by atomic mass is 16.5. The molecule has 4 amide bonds. The Morgan fingerprint density at radius 1 is 0.786 bits per heavy atom. The van der Waals surface area contributed by atoms with Crippen molar-refractivity contribution in [3.05, 3.63) is 84.3 Å². The Morgan fingerprint density at radius 3 is 2.38 bits per heavy atom. The van der Waals surface area contributed by atoms with Gasteiger partial charge in [0.05, 0.1) is 17.2 Å². The van der Waals surface area contributed by atoms with Crippen molar-refractivity contribution in [3.8, 4) is 17.0 Å². The van der Waals surface area contributed by atoms with Gasteiger partial charge in [-0.1, -0.05) is 12.1 Å². The summed E-state index contributed by atoms with van der Waals surface area (Å²) in [6.07, 6.45) is 11.3. The van der Waals surface area contributed by atoms with Gasteiger partial charge < -0.3 is 29.2 Å². The average Bonchev–Trinajstić information content (AvgIpc) is 3.67. The van der Waals surface area contributed by atoms with Gasteiger partial charge in [0.1, 0.15) is 12.1 Å². The topological polar surface area (TPSA) is 176 Å². The maximum Gasteiger partial charge on any atom is 0.262 e. The number of ether oxygens (including phenoxy) is 3. The van der Waals surface area contributed by atoms with Crippen LogP contribution >= 0.6 is 0 Å². The summed E-state index contributed by atoms with van der Waals surface area (Å²) in [7, 11) is 0. The van der Waals surface area contributed by atoms with Gasteiger partial charge >= 0.3 is 0 Å². The molecule has 14 heteroatoms. The maximum atomic E-state index is 12.9. The number of aliphatic hydroxyl groups excluding tert-OH is 1. The van der Waals surface area contributed by atoms with Crippen LogP contribution in [0.2, 0.25) is 0 Å². The van der Waals surface area contributed by atoms with E-state index in [0.717, 1.165) is 63.3 Å². The number of rotatable bonds is 13. The zero-order valence-electron chi connectivity index (χ0n) is 30.9. The number of hydrogen-bond donors (Lipinski definition) is 3. The number of benzene rings is 2. The Hall–Kier alpha value is -5.70. The number of fused-ring (bicyclic) bond motifs is 4.